The number of benzene rings is 2. The summed E-state index contributed by atoms with van der Waals surface area (Å²) < 4.78 is 64.8. The van der Waals surface area contributed by atoms with Gasteiger partial charge in [0.05, 0.1) is 16.1 Å². The molecule has 0 unspecified atom stereocenters. The topological polar surface area (TPSA) is 37.4 Å². The van der Waals surface area contributed by atoms with Crippen LogP contribution in [0.1, 0.15) is 18.1 Å². The average molecular weight is 343 g/mol. The lowest BCUT2D eigenvalue weighted by molar-refractivity contribution is -0.137. The van der Waals surface area contributed by atoms with Gasteiger partial charge in [-0.15, -0.1) is 0 Å². The van der Waals surface area contributed by atoms with Gasteiger partial charge < -0.3 is 0 Å². The summed E-state index contributed by atoms with van der Waals surface area (Å²) in [6, 6.07) is 10.5. The third-order valence-electron chi connectivity index (χ3n) is 3.36. The van der Waals surface area contributed by atoms with Crippen molar-refractivity contribution in [3.63, 3.8) is 0 Å². The lowest BCUT2D eigenvalue weighted by atomic mass is 10.2. The number of hydrogen-bond acceptors (Lipinski definition) is 2. The van der Waals surface area contributed by atoms with Gasteiger partial charge in [0, 0.05) is 6.54 Å². The summed E-state index contributed by atoms with van der Waals surface area (Å²) >= 11 is 0. The van der Waals surface area contributed by atoms with Crippen LogP contribution in [0.15, 0.2) is 53.4 Å². The molecule has 2 aromatic carbocycles. The van der Waals surface area contributed by atoms with E-state index in [4.69, 9.17) is 0 Å². The van der Waals surface area contributed by atoms with E-state index >= 15 is 0 Å². The normalized spacial score (nSPS) is 12.2. The van der Waals surface area contributed by atoms with Crippen LogP contribution >= 0.6 is 0 Å². The third kappa shape index (κ3) is 3.67. The van der Waals surface area contributed by atoms with Crippen molar-refractivity contribution in [1.29, 1.82) is 0 Å². The van der Waals surface area contributed by atoms with Gasteiger partial charge in [0.15, 0.2) is 0 Å². The molecule has 0 amide bonds. The molecule has 0 aliphatic rings. The molecule has 0 atom stereocenters. The highest BCUT2D eigenvalue weighted by Crippen LogP contribution is 2.33. The van der Waals surface area contributed by atoms with Crippen LogP contribution in [0.5, 0.6) is 0 Å². The summed E-state index contributed by atoms with van der Waals surface area (Å²) in [5, 5.41) is 0. The Labute approximate surface area is 133 Å². The number of alkyl halides is 3. The van der Waals surface area contributed by atoms with Crippen molar-refractivity contribution in [3.8, 4) is 0 Å². The highest BCUT2D eigenvalue weighted by atomic mass is 32.2. The first-order valence-electron chi connectivity index (χ1n) is 6.93. The summed E-state index contributed by atoms with van der Waals surface area (Å²) in [6.07, 6.45) is -4.52. The van der Waals surface area contributed by atoms with Crippen LogP contribution in [0, 0.1) is 6.92 Å². The molecule has 0 fully saturated rings. The lowest BCUT2D eigenvalue weighted by Gasteiger charge is -2.23. The van der Waals surface area contributed by atoms with Crippen LogP contribution in [-0.2, 0) is 16.2 Å². The Morgan fingerprint density at radius 2 is 1.65 bits per heavy atom. The maximum absolute atomic E-state index is 12.8. The lowest BCUT2D eigenvalue weighted by Crippen LogP contribution is -2.31. The highest BCUT2D eigenvalue weighted by molar-refractivity contribution is 7.92. The van der Waals surface area contributed by atoms with Gasteiger partial charge in [-0.2, -0.15) is 13.2 Å². The van der Waals surface area contributed by atoms with Crippen LogP contribution in [0.25, 0.3) is 0 Å². The van der Waals surface area contributed by atoms with E-state index in [1.807, 2.05) is 6.92 Å². The zero-order valence-electron chi connectivity index (χ0n) is 12.6. The second-order valence-corrected chi connectivity index (χ2v) is 6.89. The fourth-order valence-corrected chi connectivity index (χ4v) is 3.63. The molecule has 0 saturated carbocycles. The van der Waals surface area contributed by atoms with Crippen molar-refractivity contribution in [3.05, 3.63) is 59.7 Å². The van der Waals surface area contributed by atoms with Gasteiger partial charge in [-0.3, -0.25) is 4.31 Å². The smallest absolute Gasteiger partial charge is 0.267 e. The van der Waals surface area contributed by atoms with E-state index in [1.165, 1.54) is 24.3 Å². The Bertz CT molecular complexity index is 784. The van der Waals surface area contributed by atoms with E-state index in [0.717, 1.165) is 22.0 Å². The molecule has 124 valence electrons. The van der Waals surface area contributed by atoms with Crippen LogP contribution < -0.4 is 4.31 Å². The second-order valence-electron chi connectivity index (χ2n) is 5.03. The Kier molecular flexibility index (Phi) is 4.70. The second kappa shape index (κ2) is 6.23. The van der Waals surface area contributed by atoms with Crippen LogP contribution in [-0.4, -0.2) is 15.0 Å². The first kappa shape index (κ1) is 17.3. The molecule has 0 spiro atoms. The number of aryl methyl sites for hydroxylation is 1. The molecule has 0 aromatic heterocycles. The molecule has 23 heavy (non-hydrogen) atoms. The van der Waals surface area contributed by atoms with E-state index in [0.29, 0.717) is 0 Å². The molecule has 0 bridgehead atoms. The number of hydrogen-bond donors (Lipinski definition) is 0. The van der Waals surface area contributed by atoms with Crippen LogP contribution in [0.4, 0.5) is 18.9 Å². The third-order valence-corrected chi connectivity index (χ3v) is 5.27. The fraction of sp³-hybridized carbons (Fsp3) is 0.250. The highest BCUT2D eigenvalue weighted by Gasteiger charge is 2.32. The monoisotopic (exact) mass is 343 g/mol. The van der Waals surface area contributed by atoms with Gasteiger partial charge in [0.1, 0.15) is 0 Å². The van der Waals surface area contributed by atoms with Crippen molar-refractivity contribution in [1.82, 2.24) is 0 Å². The molecule has 0 N–H and O–H groups in total. The first-order chi connectivity index (χ1) is 10.7. The van der Waals surface area contributed by atoms with Crippen molar-refractivity contribution < 1.29 is 21.6 Å². The number of anilines is 1. The van der Waals surface area contributed by atoms with E-state index in [1.54, 1.807) is 19.1 Å². The Balaban J connectivity index is 2.49. The van der Waals surface area contributed by atoms with Crippen molar-refractivity contribution in [2.24, 2.45) is 0 Å². The minimum absolute atomic E-state index is 0.0112. The standard InChI is InChI=1S/C16H16F3NO2S/c1-3-20(14-6-4-5-13(11-14)16(17,18)19)23(21,22)15-9-7-12(2)8-10-15/h4-11H,3H2,1-2H3. The summed E-state index contributed by atoms with van der Waals surface area (Å²) in [5.74, 6) is 0. The van der Waals surface area contributed by atoms with Gasteiger partial charge in [0.25, 0.3) is 10.0 Å². The Hall–Kier alpha value is -2.02. The Morgan fingerprint density at radius 1 is 1.04 bits per heavy atom. The molecule has 2 rings (SSSR count). The number of halogens is 3. The summed E-state index contributed by atoms with van der Waals surface area (Å²) in [4.78, 5) is 0.0439. The van der Waals surface area contributed by atoms with Crippen LogP contribution in [0.2, 0.25) is 0 Å². The molecular formula is C16H16F3NO2S. The fourth-order valence-electron chi connectivity index (χ4n) is 2.17. The molecule has 3 nitrogen and oxygen atoms in total. The summed E-state index contributed by atoms with van der Waals surface area (Å²) in [7, 11) is -3.92. The van der Waals surface area contributed by atoms with Gasteiger partial charge >= 0.3 is 6.18 Å². The largest absolute Gasteiger partial charge is 0.416 e. The zero-order chi connectivity index (χ0) is 17.3. The predicted molar refractivity (Wildman–Crippen MR) is 82.8 cm³/mol. The number of nitrogens with zero attached hydrogens (tertiary/aromatic N) is 1. The maximum atomic E-state index is 12.8. The summed E-state index contributed by atoms with van der Waals surface area (Å²) in [5.41, 5.74) is 0.00141. The van der Waals surface area contributed by atoms with Gasteiger partial charge in [-0.25, -0.2) is 8.42 Å². The van der Waals surface area contributed by atoms with E-state index in [2.05, 4.69) is 0 Å². The first-order valence-corrected chi connectivity index (χ1v) is 8.37. The molecule has 7 heteroatoms. The van der Waals surface area contributed by atoms with Gasteiger partial charge in [-0.1, -0.05) is 23.8 Å². The van der Waals surface area contributed by atoms with Crippen molar-refractivity contribution in [2.45, 2.75) is 24.9 Å². The Morgan fingerprint density at radius 3 is 2.17 bits per heavy atom. The summed E-state index contributed by atoms with van der Waals surface area (Å²) in [6.45, 7) is 3.42. The maximum Gasteiger partial charge on any atom is 0.416 e. The van der Waals surface area contributed by atoms with E-state index in [-0.39, 0.29) is 17.1 Å². The average Bonchev–Trinajstić information content (AvgIpc) is 2.47. The molecule has 0 heterocycles. The molecule has 2 aromatic rings. The minimum atomic E-state index is -4.52. The van der Waals surface area contributed by atoms with Crippen molar-refractivity contribution >= 4 is 15.7 Å². The molecule has 0 aliphatic carbocycles. The molecule has 0 aliphatic heterocycles. The van der Waals surface area contributed by atoms with Gasteiger partial charge in [-0.05, 0) is 44.2 Å². The SMILES string of the molecule is CCN(c1cccc(C(F)(F)F)c1)S(=O)(=O)c1ccc(C)cc1. The van der Waals surface area contributed by atoms with Crippen LogP contribution in [0.3, 0.4) is 0 Å². The minimum Gasteiger partial charge on any atom is -0.267 e. The van der Waals surface area contributed by atoms with Gasteiger partial charge in [0.2, 0.25) is 0 Å². The number of rotatable bonds is 4. The zero-order valence-corrected chi connectivity index (χ0v) is 13.4. The molecule has 0 radical (unpaired) electrons. The predicted octanol–water partition coefficient (Wildman–Crippen LogP) is 4.23. The number of sulfonamides is 1. The van der Waals surface area contributed by atoms with E-state index < -0.39 is 21.8 Å². The molecular weight excluding hydrogens is 327 g/mol. The molecule has 0 saturated heterocycles. The quantitative estimate of drug-likeness (QED) is 0.833. The van der Waals surface area contributed by atoms with E-state index in [9.17, 15) is 21.6 Å². The van der Waals surface area contributed by atoms with Crippen molar-refractivity contribution in [2.75, 3.05) is 10.8 Å².